The summed E-state index contributed by atoms with van der Waals surface area (Å²) in [4.78, 5) is 23.6. The molecule has 0 radical (unpaired) electrons. The summed E-state index contributed by atoms with van der Waals surface area (Å²) in [5, 5.41) is 14.8. The van der Waals surface area contributed by atoms with Crippen molar-refractivity contribution in [1.29, 1.82) is 0 Å². The predicted molar refractivity (Wildman–Crippen MR) is 119 cm³/mol. The van der Waals surface area contributed by atoms with Crippen molar-refractivity contribution >= 4 is 29.3 Å². The van der Waals surface area contributed by atoms with Gasteiger partial charge in [-0.15, -0.1) is 10.2 Å². The van der Waals surface area contributed by atoms with Crippen molar-refractivity contribution in [3.8, 4) is 5.69 Å². The molecule has 30 heavy (non-hydrogen) atoms. The Kier molecular flexibility index (Phi) is 6.89. The summed E-state index contributed by atoms with van der Waals surface area (Å²) in [6.07, 6.45) is 0. The van der Waals surface area contributed by atoms with Crippen molar-refractivity contribution in [2.45, 2.75) is 39.4 Å². The fourth-order valence-corrected chi connectivity index (χ4v) is 3.84. The highest BCUT2D eigenvalue weighted by Crippen LogP contribution is 2.24. The summed E-state index contributed by atoms with van der Waals surface area (Å²) >= 11 is 1.35. The van der Waals surface area contributed by atoms with Gasteiger partial charge >= 0.3 is 0 Å². The first-order valence-electron chi connectivity index (χ1n) is 9.59. The van der Waals surface area contributed by atoms with Gasteiger partial charge in [0.25, 0.3) is 0 Å². The van der Waals surface area contributed by atoms with Gasteiger partial charge in [0.1, 0.15) is 5.82 Å². The smallest absolute Gasteiger partial charge is 0.230 e. The van der Waals surface area contributed by atoms with Crippen molar-refractivity contribution < 1.29 is 9.59 Å². The number of aryl methyl sites for hydroxylation is 3. The van der Waals surface area contributed by atoms with E-state index in [0.717, 1.165) is 28.2 Å². The van der Waals surface area contributed by atoms with E-state index in [1.165, 1.54) is 18.7 Å². The van der Waals surface area contributed by atoms with Crippen LogP contribution in [-0.4, -0.2) is 32.3 Å². The van der Waals surface area contributed by atoms with Gasteiger partial charge in [0, 0.05) is 19.2 Å². The van der Waals surface area contributed by atoms with Crippen LogP contribution in [0.3, 0.4) is 0 Å². The molecular weight excluding hydrogens is 398 g/mol. The molecule has 0 aliphatic rings. The van der Waals surface area contributed by atoms with Crippen LogP contribution in [0.15, 0.2) is 47.6 Å². The highest BCUT2D eigenvalue weighted by Gasteiger charge is 2.15. The minimum Gasteiger partial charge on any atom is -0.351 e. The second-order valence-corrected chi connectivity index (χ2v) is 8.04. The highest BCUT2D eigenvalue weighted by atomic mass is 32.2. The number of anilines is 1. The quantitative estimate of drug-likeness (QED) is 0.567. The zero-order valence-corrected chi connectivity index (χ0v) is 18.3. The molecule has 0 atom stereocenters. The number of thioether (sulfide) groups is 1. The van der Waals surface area contributed by atoms with Gasteiger partial charge in [0.2, 0.25) is 11.8 Å². The second kappa shape index (κ2) is 9.58. The third-order valence-electron chi connectivity index (χ3n) is 4.47. The summed E-state index contributed by atoms with van der Waals surface area (Å²) in [7, 11) is 0. The lowest BCUT2D eigenvalue weighted by Gasteiger charge is -2.12. The molecule has 0 bridgehead atoms. The average Bonchev–Trinajstić information content (AvgIpc) is 3.06. The maximum Gasteiger partial charge on any atom is 0.230 e. The number of nitrogens with zero attached hydrogens (tertiary/aromatic N) is 3. The number of nitrogens with one attached hydrogen (secondary N) is 2. The zero-order valence-electron chi connectivity index (χ0n) is 17.5. The lowest BCUT2D eigenvalue weighted by atomic mass is 10.1. The van der Waals surface area contributed by atoms with Gasteiger partial charge in [0.05, 0.1) is 11.4 Å². The highest BCUT2D eigenvalue weighted by molar-refractivity contribution is 7.99. The first-order chi connectivity index (χ1) is 14.3. The van der Waals surface area contributed by atoms with Crippen LogP contribution in [0.2, 0.25) is 0 Å². The lowest BCUT2D eigenvalue weighted by molar-refractivity contribution is -0.118. The predicted octanol–water partition coefficient (Wildman–Crippen LogP) is 3.56. The zero-order chi connectivity index (χ0) is 21.7. The van der Waals surface area contributed by atoms with Crippen LogP contribution >= 0.6 is 11.8 Å². The molecule has 7 nitrogen and oxygen atoms in total. The summed E-state index contributed by atoms with van der Waals surface area (Å²) in [5.74, 6) is 0.782. The average molecular weight is 424 g/mol. The molecule has 3 rings (SSSR count). The van der Waals surface area contributed by atoms with Crippen LogP contribution in [0.25, 0.3) is 5.69 Å². The summed E-state index contributed by atoms with van der Waals surface area (Å²) in [5.41, 5.74) is 4.91. The summed E-state index contributed by atoms with van der Waals surface area (Å²) in [6.45, 7) is 7.84. The second-order valence-electron chi connectivity index (χ2n) is 7.10. The molecule has 0 saturated carbocycles. The van der Waals surface area contributed by atoms with Crippen LogP contribution in [0.5, 0.6) is 0 Å². The Morgan fingerprint density at radius 1 is 1.07 bits per heavy atom. The van der Waals surface area contributed by atoms with E-state index < -0.39 is 0 Å². The van der Waals surface area contributed by atoms with E-state index in [4.69, 9.17) is 0 Å². The topological polar surface area (TPSA) is 88.9 Å². The van der Waals surface area contributed by atoms with E-state index in [1.807, 2.05) is 49.6 Å². The largest absolute Gasteiger partial charge is 0.351 e. The van der Waals surface area contributed by atoms with E-state index in [0.29, 0.717) is 17.4 Å². The Balaban J connectivity index is 1.62. The Morgan fingerprint density at radius 2 is 1.87 bits per heavy atom. The molecule has 3 aromatic rings. The number of hydrogen-bond acceptors (Lipinski definition) is 5. The van der Waals surface area contributed by atoms with Gasteiger partial charge in [-0.2, -0.15) is 0 Å². The Bertz CT molecular complexity index is 1080. The van der Waals surface area contributed by atoms with Crippen LogP contribution in [-0.2, 0) is 16.1 Å². The lowest BCUT2D eigenvalue weighted by Crippen LogP contribution is -2.24. The van der Waals surface area contributed by atoms with Crippen LogP contribution in [0.1, 0.15) is 29.4 Å². The Labute approximate surface area is 180 Å². The summed E-state index contributed by atoms with van der Waals surface area (Å²) in [6, 6.07) is 13.6. The molecule has 0 unspecified atom stereocenters. The van der Waals surface area contributed by atoms with Crippen molar-refractivity contribution in [2.75, 3.05) is 11.1 Å². The molecule has 0 aliphatic carbocycles. The molecule has 2 aromatic carbocycles. The van der Waals surface area contributed by atoms with E-state index in [1.54, 1.807) is 0 Å². The van der Waals surface area contributed by atoms with Crippen molar-refractivity contribution in [2.24, 2.45) is 0 Å². The van der Waals surface area contributed by atoms with Crippen molar-refractivity contribution in [3.05, 3.63) is 65.0 Å². The fraction of sp³-hybridized carbons (Fsp3) is 0.273. The number of carbonyl (C=O) groups is 2. The Morgan fingerprint density at radius 3 is 2.63 bits per heavy atom. The molecular formula is C22H25N5O2S. The van der Waals surface area contributed by atoms with Crippen LogP contribution < -0.4 is 10.6 Å². The SMILES string of the molecule is CC(=O)Nc1cccc(CNC(=O)CSc2nnc(C)n2-c2cc(C)ccc2C)c1. The van der Waals surface area contributed by atoms with E-state index in [9.17, 15) is 9.59 Å². The van der Waals surface area contributed by atoms with Crippen LogP contribution in [0.4, 0.5) is 5.69 Å². The number of benzene rings is 2. The maximum absolute atomic E-state index is 12.4. The number of hydrogen-bond donors (Lipinski definition) is 2. The monoisotopic (exact) mass is 423 g/mol. The molecule has 2 amide bonds. The molecule has 2 N–H and O–H groups in total. The van der Waals surface area contributed by atoms with Gasteiger partial charge < -0.3 is 10.6 Å². The van der Waals surface area contributed by atoms with E-state index in [2.05, 4.69) is 39.0 Å². The standard InChI is InChI=1S/C22H25N5O2S/c1-14-8-9-15(2)20(10-14)27-16(3)25-26-22(27)30-13-21(29)23-12-18-6-5-7-19(11-18)24-17(4)28/h5-11H,12-13H2,1-4H3,(H,23,29)(H,24,28). The number of rotatable bonds is 7. The van der Waals surface area contributed by atoms with Gasteiger partial charge in [-0.3, -0.25) is 14.2 Å². The molecule has 8 heteroatoms. The third kappa shape index (κ3) is 5.48. The summed E-state index contributed by atoms with van der Waals surface area (Å²) < 4.78 is 1.98. The fourth-order valence-electron chi connectivity index (χ4n) is 3.02. The number of amides is 2. The maximum atomic E-state index is 12.4. The minimum atomic E-state index is -0.129. The van der Waals surface area contributed by atoms with Gasteiger partial charge in [0.15, 0.2) is 5.16 Å². The molecule has 1 aromatic heterocycles. The first-order valence-corrected chi connectivity index (χ1v) is 10.6. The van der Waals surface area contributed by atoms with Gasteiger partial charge in [-0.25, -0.2) is 0 Å². The van der Waals surface area contributed by atoms with Crippen LogP contribution in [0, 0.1) is 20.8 Å². The molecule has 0 aliphatic heterocycles. The minimum absolute atomic E-state index is 0.0990. The normalized spacial score (nSPS) is 10.7. The van der Waals surface area contributed by atoms with E-state index >= 15 is 0 Å². The third-order valence-corrected chi connectivity index (χ3v) is 5.40. The number of aromatic nitrogens is 3. The van der Waals surface area contributed by atoms with E-state index in [-0.39, 0.29) is 17.6 Å². The first kappa shape index (κ1) is 21.6. The number of carbonyl (C=O) groups excluding carboxylic acids is 2. The molecule has 156 valence electrons. The molecule has 0 saturated heterocycles. The van der Waals surface area contributed by atoms with Crippen molar-refractivity contribution in [1.82, 2.24) is 20.1 Å². The molecule has 0 spiro atoms. The Hall–Kier alpha value is -3.13. The molecule has 0 fully saturated rings. The molecule has 1 heterocycles. The van der Waals surface area contributed by atoms with Gasteiger partial charge in [-0.1, -0.05) is 36.0 Å². The van der Waals surface area contributed by atoms with Crippen molar-refractivity contribution in [3.63, 3.8) is 0 Å². The van der Waals surface area contributed by atoms with Gasteiger partial charge in [-0.05, 0) is 55.7 Å².